The molecule has 4 rings (SSSR count). The molecule has 2 aromatic rings. The lowest BCUT2D eigenvalue weighted by Crippen LogP contribution is -2.24. The van der Waals surface area contributed by atoms with Gasteiger partial charge in [-0.2, -0.15) is 0 Å². The maximum Gasteiger partial charge on any atom is 0.261 e. The maximum absolute atomic E-state index is 12.6. The van der Waals surface area contributed by atoms with Crippen LogP contribution in [0.2, 0.25) is 0 Å². The smallest absolute Gasteiger partial charge is 0.261 e. The quantitative estimate of drug-likeness (QED) is 0.911. The van der Waals surface area contributed by atoms with E-state index in [4.69, 9.17) is 0 Å². The van der Waals surface area contributed by atoms with Gasteiger partial charge in [-0.15, -0.1) is 21.5 Å². The van der Waals surface area contributed by atoms with Crippen molar-refractivity contribution in [3.05, 3.63) is 33.0 Å². The minimum Gasteiger partial charge on any atom is -0.344 e. The van der Waals surface area contributed by atoms with Crippen molar-refractivity contribution in [3.8, 4) is 0 Å². The Morgan fingerprint density at radius 2 is 1.84 bits per heavy atom. The zero-order chi connectivity index (χ0) is 17.1. The Balaban J connectivity index is 1.43. The summed E-state index contributed by atoms with van der Waals surface area (Å²) in [5, 5.41) is 11.7. The number of hydrogen-bond acceptors (Lipinski definition) is 4. The fraction of sp³-hybridized carbons (Fsp3) is 0.632. The van der Waals surface area contributed by atoms with E-state index in [0.717, 1.165) is 42.3 Å². The number of rotatable bonds is 3. The minimum atomic E-state index is 0.0303. The van der Waals surface area contributed by atoms with Gasteiger partial charge in [0.2, 0.25) is 0 Å². The van der Waals surface area contributed by atoms with Gasteiger partial charge in [0.15, 0.2) is 5.82 Å². The van der Waals surface area contributed by atoms with Crippen molar-refractivity contribution in [1.82, 2.24) is 20.1 Å². The summed E-state index contributed by atoms with van der Waals surface area (Å²) in [7, 11) is 0. The zero-order valence-corrected chi connectivity index (χ0v) is 15.5. The lowest BCUT2D eigenvalue weighted by molar-refractivity contribution is 0.0953. The van der Waals surface area contributed by atoms with Gasteiger partial charge in [-0.3, -0.25) is 4.79 Å². The molecule has 2 aromatic heterocycles. The Hall–Kier alpha value is -1.69. The van der Waals surface area contributed by atoms with Gasteiger partial charge in [0, 0.05) is 17.8 Å². The molecule has 0 fully saturated rings. The van der Waals surface area contributed by atoms with Crippen molar-refractivity contribution in [3.63, 3.8) is 0 Å². The lowest BCUT2D eigenvalue weighted by atomic mass is 10.00. The van der Waals surface area contributed by atoms with Crippen molar-refractivity contribution >= 4 is 17.2 Å². The Labute approximate surface area is 152 Å². The fourth-order valence-electron chi connectivity index (χ4n) is 3.88. The summed E-state index contributed by atoms with van der Waals surface area (Å²) in [5.74, 6) is 1.99. The van der Waals surface area contributed by atoms with E-state index in [0.29, 0.717) is 6.54 Å². The van der Waals surface area contributed by atoms with E-state index in [9.17, 15) is 4.79 Å². The van der Waals surface area contributed by atoms with Crippen LogP contribution in [0.25, 0.3) is 0 Å². The first-order valence-electron chi connectivity index (χ1n) is 9.62. The minimum absolute atomic E-state index is 0.0303. The van der Waals surface area contributed by atoms with Crippen LogP contribution in [0.15, 0.2) is 6.07 Å². The summed E-state index contributed by atoms with van der Waals surface area (Å²) < 4.78 is 2.20. The highest BCUT2D eigenvalue weighted by Gasteiger charge is 2.18. The van der Waals surface area contributed by atoms with Crippen LogP contribution in [0, 0.1) is 0 Å². The summed E-state index contributed by atoms with van der Waals surface area (Å²) in [6.45, 7) is 1.44. The van der Waals surface area contributed by atoms with Crippen molar-refractivity contribution in [2.24, 2.45) is 0 Å². The second-order valence-electron chi connectivity index (χ2n) is 7.15. The average molecular weight is 359 g/mol. The third kappa shape index (κ3) is 3.78. The van der Waals surface area contributed by atoms with E-state index < -0.39 is 0 Å². The Bertz CT molecular complexity index is 723. The molecule has 6 heteroatoms. The van der Waals surface area contributed by atoms with Crippen molar-refractivity contribution < 1.29 is 4.79 Å². The molecular weight excluding hydrogens is 332 g/mol. The predicted octanol–water partition coefficient (Wildman–Crippen LogP) is 3.66. The van der Waals surface area contributed by atoms with Crippen LogP contribution < -0.4 is 5.32 Å². The topological polar surface area (TPSA) is 59.8 Å². The lowest BCUT2D eigenvalue weighted by Gasteiger charge is -2.07. The Morgan fingerprint density at radius 3 is 2.76 bits per heavy atom. The van der Waals surface area contributed by atoms with E-state index in [1.165, 1.54) is 55.4 Å². The molecule has 0 spiro atoms. The van der Waals surface area contributed by atoms with E-state index >= 15 is 0 Å². The number of nitrogens with one attached hydrogen (secondary N) is 1. The van der Waals surface area contributed by atoms with E-state index in [2.05, 4.69) is 26.1 Å². The molecule has 0 radical (unpaired) electrons. The number of carbonyl (C=O) groups excluding carboxylic acids is 1. The molecule has 1 aliphatic heterocycles. The van der Waals surface area contributed by atoms with Crippen LogP contribution in [0.4, 0.5) is 0 Å². The summed E-state index contributed by atoms with van der Waals surface area (Å²) in [5.41, 5.74) is 1.39. The summed E-state index contributed by atoms with van der Waals surface area (Å²) >= 11 is 1.68. The average Bonchev–Trinajstić information content (AvgIpc) is 3.08. The summed E-state index contributed by atoms with van der Waals surface area (Å²) in [6.07, 6.45) is 12.0. The molecule has 1 aliphatic carbocycles. The molecule has 1 N–H and O–H groups in total. The first-order valence-corrected chi connectivity index (χ1v) is 10.4. The number of nitrogens with zero attached hydrogens (tertiary/aromatic N) is 3. The maximum atomic E-state index is 12.6. The first-order chi connectivity index (χ1) is 12.3. The fourth-order valence-corrected chi connectivity index (χ4v) is 5.05. The second-order valence-corrected chi connectivity index (χ2v) is 8.29. The molecular formula is C19H26N4OS. The molecule has 134 valence electrons. The van der Waals surface area contributed by atoms with Crippen molar-refractivity contribution in [2.45, 2.75) is 77.3 Å². The molecule has 0 atom stereocenters. The van der Waals surface area contributed by atoms with Crippen LogP contribution in [-0.4, -0.2) is 20.7 Å². The van der Waals surface area contributed by atoms with Gasteiger partial charge in [0.05, 0.1) is 11.4 Å². The second kappa shape index (κ2) is 7.68. The zero-order valence-electron chi connectivity index (χ0n) is 14.7. The van der Waals surface area contributed by atoms with Gasteiger partial charge >= 0.3 is 0 Å². The SMILES string of the molecule is O=C(NCc1nnc2n1CCCCC2)c1cc2c(s1)CCCCCC2. The highest BCUT2D eigenvalue weighted by atomic mass is 32.1. The third-order valence-electron chi connectivity index (χ3n) is 5.31. The van der Waals surface area contributed by atoms with Crippen LogP contribution in [0.3, 0.4) is 0 Å². The van der Waals surface area contributed by atoms with Crippen LogP contribution in [0.5, 0.6) is 0 Å². The van der Waals surface area contributed by atoms with E-state index in [1.54, 1.807) is 11.3 Å². The number of aryl methyl sites for hydroxylation is 3. The predicted molar refractivity (Wildman–Crippen MR) is 98.9 cm³/mol. The largest absolute Gasteiger partial charge is 0.344 e. The molecule has 5 nitrogen and oxygen atoms in total. The third-order valence-corrected chi connectivity index (χ3v) is 6.55. The van der Waals surface area contributed by atoms with Crippen LogP contribution in [0.1, 0.15) is 76.7 Å². The number of carbonyl (C=O) groups is 1. The normalized spacial score (nSPS) is 17.8. The Morgan fingerprint density at radius 1 is 1.04 bits per heavy atom. The molecule has 3 heterocycles. The van der Waals surface area contributed by atoms with Gasteiger partial charge in [-0.25, -0.2) is 0 Å². The monoisotopic (exact) mass is 358 g/mol. The number of amides is 1. The van der Waals surface area contributed by atoms with Gasteiger partial charge in [-0.05, 0) is 50.2 Å². The molecule has 1 amide bonds. The van der Waals surface area contributed by atoms with Gasteiger partial charge in [0.25, 0.3) is 5.91 Å². The number of hydrogen-bond donors (Lipinski definition) is 1. The first kappa shape index (κ1) is 16.8. The van der Waals surface area contributed by atoms with Gasteiger partial charge < -0.3 is 9.88 Å². The van der Waals surface area contributed by atoms with E-state index in [1.807, 2.05) is 0 Å². The van der Waals surface area contributed by atoms with Crippen LogP contribution >= 0.6 is 11.3 Å². The van der Waals surface area contributed by atoms with Crippen molar-refractivity contribution in [1.29, 1.82) is 0 Å². The highest BCUT2D eigenvalue weighted by Crippen LogP contribution is 2.28. The molecule has 0 saturated heterocycles. The highest BCUT2D eigenvalue weighted by molar-refractivity contribution is 7.14. The van der Waals surface area contributed by atoms with Gasteiger partial charge in [-0.1, -0.05) is 19.3 Å². The number of thiophene rings is 1. The summed E-state index contributed by atoms with van der Waals surface area (Å²) in [4.78, 5) is 14.9. The molecule has 0 saturated carbocycles. The number of aromatic nitrogens is 3. The molecule has 0 unspecified atom stereocenters. The van der Waals surface area contributed by atoms with Crippen LogP contribution in [-0.2, 0) is 32.4 Å². The Kier molecular flexibility index (Phi) is 5.15. The molecule has 25 heavy (non-hydrogen) atoms. The standard InChI is InChI=1S/C19H26N4OS/c24-19(16-12-14-8-4-1-2-5-9-15(14)25-16)20-13-18-22-21-17-10-6-3-7-11-23(17)18/h12H,1-11,13H2,(H,20,24). The van der Waals surface area contributed by atoms with Crippen molar-refractivity contribution in [2.75, 3.05) is 0 Å². The molecule has 0 aromatic carbocycles. The summed E-state index contributed by atoms with van der Waals surface area (Å²) in [6, 6.07) is 2.12. The molecule has 2 aliphatic rings. The van der Waals surface area contributed by atoms with Gasteiger partial charge in [0.1, 0.15) is 5.82 Å². The number of fused-ring (bicyclic) bond motifs is 2. The van der Waals surface area contributed by atoms with E-state index in [-0.39, 0.29) is 5.91 Å². The molecule has 0 bridgehead atoms.